The molecule has 0 unspecified atom stereocenters. The first-order chi connectivity index (χ1) is 12.7. The van der Waals surface area contributed by atoms with Gasteiger partial charge in [-0.25, -0.2) is 9.79 Å². The number of halogens is 1. The van der Waals surface area contributed by atoms with Gasteiger partial charge in [-0.2, -0.15) is 0 Å². The third-order valence-electron chi connectivity index (χ3n) is 4.06. The van der Waals surface area contributed by atoms with Crippen LogP contribution in [0.2, 0.25) is 0 Å². The number of nitrogens with zero attached hydrogens (tertiary/aromatic N) is 1. The molecule has 0 aromatic heterocycles. The molecule has 1 aliphatic heterocycles. The number of carbonyl (C=O) groups is 1. The van der Waals surface area contributed by atoms with E-state index in [9.17, 15) is 4.79 Å². The summed E-state index contributed by atoms with van der Waals surface area (Å²) in [5.41, 5.74) is 4.29. The summed E-state index contributed by atoms with van der Waals surface area (Å²) in [7, 11) is 0. The smallest absolute Gasteiger partial charge is 0.363 e. The van der Waals surface area contributed by atoms with E-state index >= 15 is 0 Å². The molecular formula is C22H14INO2. The summed E-state index contributed by atoms with van der Waals surface area (Å²) in [5.74, 6) is -0.0846. The summed E-state index contributed by atoms with van der Waals surface area (Å²) in [6.45, 7) is 0. The lowest BCUT2D eigenvalue weighted by Crippen LogP contribution is -2.05. The number of benzene rings is 3. The van der Waals surface area contributed by atoms with E-state index in [1.54, 1.807) is 6.08 Å². The Morgan fingerprint density at radius 3 is 2.12 bits per heavy atom. The molecule has 1 aliphatic rings. The monoisotopic (exact) mass is 451 g/mol. The van der Waals surface area contributed by atoms with Gasteiger partial charge in [0.15, 0.2) is 5.70 Å². The molecule has 0 spiro atoms. The number of aliphatic imine (C=N–C) groups is 1. The van der Waals surface area contributed by atoms with Crippen molar-refractivity contribution in [3.63, 3.8) is 0 Å². The van der Waals surface area contributed by atoms with E-state index in [2.05, 4.69) is 39.7 Å². The van der Waals surface area contributed by atoms with Crippen molar-refractivity contribution in [2.45, 2.75) is 0 Å². The quantitative estimate of drug-likeness (QED) is 0.308. The zero-order chi connectivity index (χ0) is 17.9. The van der Waals surface area contributed by atoms with Crippen molar-refractivity contribution in [2.75, 3.05) is 0 Å². The van der Waals surface area contributed by atoms with Crippen LogP contribution < -0.4 is 0 Å². The molecule has 4 rings (SSSR count). The van der Waals surface area contributed by atoms with Gasteiger partial charge in [-0.1, -0.05) is 60.7 Å². The Morgan fingerprint density at radius 2 is 1.38 bits per heavy atom. The molecule has 4 heteroatoms. The molecule has 0 aliphatic carbocycles. The van der Waals surface area contributed by atoms with Crippen LogP contribution in [-0.2, 0) is 9.53 Å². The molecular weight excluding hydrogens is 437 g/mol. The highest BCUT2D eigenvalue weighted by atomic mass is 127. The highest BCUT2D eigenvalue weighted by Gasteiger charge is 2.24. The summed E-state index contributed by atoms with van der Waals surface area (Å²) in [6.07, 6.45) is 1.76. The minimum absolute atomic E-state index is 0.316. The van der Waals surface area contributed by atoms with Crippen molar-refractivity contribution in [3.8, 4) is 11.1 Å². The summed E-state index contributed by atoms with van der Waals surface area (Å²) in [6, 6.07) is 25.8. The first-order valence-corrected chi connectivity index (χ1v) is 9.21. The van der Waals surface area contributed by atoms with Gasteiger partial charge in [0, 0.05) is 9.13 Å². The van der Waals surface area contributed by atoms with E-state index in [-0.39, 0.29) is 0 Å². The van der Waals surface area contributed by atoms with Crippen LogP contribution in [0.25, 0.3) is 17.2 Å². The summed E-state index contributed by atoms with van der Waals surface area (Å²) in [5, 5.41) is 0. The van der Waals surface area contributed by atoms with Gasteiger partial charge < -0.3 is 4.74 Å². The van der Waals surface area contributed by atoms with Crippen LogP contribution in [0.15, 0.2) is 89.6 Å². The second kappa shape index (κ2) is 7.25. The molecule has 3 aromatic carbocycles. The lowest BCUT2D eigenvalue weighted by Gasteiger charge is -2.03. The van der Waals surface area contributed by atoms with Crippen LogP contribution in [0, 0.1) is 3.57 Å². The van der Waals surface area contributed by atoms with E-state index in [1.807, 2.05) is 66.7 Å². The van der Waals surface area contributed by atoms with E-state index in [0.717, 1.165) is 25.8 Å². The molecule has 0 N–H and O–H groups in total. The maximum atomic E-state index is 12.2. The van der Waals surface area contributed by atoms with Crippen LogP contribution >= 0.6 is 22.6 Å². The molecule has 0 saturated heterocycles. The Bertz CT molecular complexity index is 1020. The SMILES string of the molecule is O=C1OC(c2ccc(-c3ccccc3)cc2)=N/C1=C\c1ccccc1I. The first kappa shape index (κ1) is 16.7. The largest absolute Gasteiger partial charge is 0.402 e. The standard InChI is InChI=1S/C22H14INO2/c23-19-9-5-4-8-18(19)14-20-22(25)26-21(24-20)17-12-10-16(11-13-17)15-6-2-1-3-7-15/h1-14H/b20-14-. The van der Waals surface area contributed by atoms with Crippen LogP contribution in [-0.4, -0.2) is 11.9 Å². The third-order valence-corrected chi connectivity index (χ3v) is 5.04. The number of hydrogen-bond acceptors (Lipinski definition) is 3. The Hall–Kier alpha value is -2.73. The maximum Gasteiger partial charge on any atom is 0.363 e. The van der Waals surface area contributed by atoms with E-state index in [4.69, 9.17) is 4.74 Å². The predicted molar refractivity (Wildman–Crippen MR) is 112 cm³/mol. The molecule has 3 nitrogen and oxygen atoms in total. The number of esters is 1. The second-order valence-corrected chi connectivity index (χ2v) is 6.96. The molecule has 0 amide bonds. The van der Waals surface area contributed by atoms with Crippen molar-refractivity contribution in [1.82, 2.24) is 0 Å². The maximum absolute atomic E-state index is 12.2. The Morgan fingerprint density at radius 1 is 0.769 bits per heavy atom. The molecule has 0 atom stereocenters. The average molecular weight is 451 g/mol. The van der Waals surface area contributed by atoms with Crippen LogP contribution in [0.1, 0.15) is 11.1 Å². The van der Waals surface area contributed by atoms with Crippen molar-refractivity contribution in [2.24, 2.45) is 4.99 Å². The van der Waals surface area contributed by atoms with E-state index < -0.39 is 5.97 Å². The van der Waals surface area contributed by atoms with E-state index in [1.165, 1.54) is 0 Å². The van der Waals surface area contributed by atoms with Crippen molar-refractivity contribution in [3.05, 3.63) is 99.3 Å². The summed E-state index contributed by atoms with van der Waals surface area (Å²) < 4.78 is 6.41. The van der Waals surface area contributed by atoms with Crippen molar-refractivity contribution in [1.29, 1.82) is 0 Å². The topological polar surface area (TPSA) is 38.7 Å². The molecule has 26 heavy (non-hydrogen) atoms. The number of hydrogen-bond donors (Lipinski definition) is 0. The van der Waals surface area contributed by atoms with Gasteiger partial charge in [-0.3, -0.25) is 0 Å². The van der Waals surface area contributed by atoms with Gasteiger partial charge in [-0.15, -0.1) is 0 Å². The first-order valence-electron chi connectivity index (χ1n) is 8.14. The van der Waals surface area contributed by atoms with Gasteiger partial charge >= 0.3 is 5.97 Å². The predicted octanol–water partition coefficient (Wildman–Crippen LogP) is 5.30. The molecule has 3 aromatic rings. The molecule has 1 heterocycles. The number of carbonyl (C=O) groups excluding carboxylic acids is 1. The summed E-state index contributed by atoms with van der Waals surface area (Å²) in [4.78, 5) is 16.5. The average Bonchev–Trinajstić information content (AvgIpc) is 3.05. The molecule has 126 valence electrons. The number of rotatable bonds is 3. The fourth-order valence-corrected chi connectivity index (χ4v) is 3.25. The van der Waals surface area contributed by atoms with Gasteiger partial charge in [0.2, 0.25) is 5.90 Å². The molecule has 0 saturated carbocycles. The Balaban J connectivity index is 1.62. The normalized spacial score (nSPS) is 15.0. The zero-order valence-corrected chi connectivity index (χ0v) is 15.9. The van der Waals surface area contributed by atoms with Crippen LogP contribution in [0.3, 0.4) is 0 Å². The third kappa shape index (κ3) is 3.46. The minimum atomic E-state index is -0.424. The molecule has 0 radical (unpaired) electrons. The number of ether oxygens (including phenoxy) is 1. The Labute approximate surface area is 165 Å². The fraction of sp³-hybridized carbons (Fsp3) is 0. The second-order valence-electron chi connectivity index (χ2n) is 5.80. The van der Waals surface area contributed by atoms with Gasteiger partial charge in [-0.05, 0) is 63.6 Å². The lowest BCUT2D eigenvalue weighted by atomic mass is 10.0. The van der Waals surface area contributed by atoms with Crippen LogP contribution in [0.4, 0.5) is 0 Å². The highest BCUT2D eigenvalue weighted by molar-refractivity contribution is 14.1. The molecule has 0 fully saturated rings. The van der Waals surface area contributed by atoms with Gasteiger partial charge in [0.05, 0.1) is 0 Å². The van der Waals surface area contributed by atoms with Crippen LogP contribution in [0.5, 0.6) is 0 Å². The van der Waals surface area contributed by atoms with Gasteiger partial charge in [0.25, 0.3) is 0 Å². The van der Waals surface area contributed by atoms with Crippen molar-refractivity contribution < 1.29 is 9.53 Å². The Kier molecular flexibility index (Phi) is 4.67. The summed E-state index contributed by atoms with van der Waals surface area (Å²) >= 11 is 2.23. The van der Waals surface area contributed by atoms with Gasteiger partial charge in [0.1, 0.15) is 0 Å². The lowest BCUT2D eigenvalue weighted by molar-refractivity contribution is -0.129. The highest BCUT2D eigenvalue weighted by Crippen LogP contribution is 2.24. The van der Waals surface area contributed by atoms with Crippen molar-refractivity contribution >= 4 is 40.5 Å². The fourth-order valence-electron chi connectivity index (χ4n) is 2.71. The van der Waals surface area contributed by atoms with E-state index in [0.29, 0.717) is 11.6 Å². The number of cyclic esters (lactones) is 1. The molecule has 0 bridgehead atoms. The minimum Gasteiger partial charge on any atom is -0.402 e. The zero-order valence-electron chi connectivity index (χ0n) is 13.7.